The van der Waals surface area contributed by atoms with Crippen LogP contribution in [0.15, 0.2) is 6.33 Å². The average Bonchev–Trinajstić information content (AvgIpc) is 3.31. The van der Waals surface area contributed by atoms with Crippen LogP contribution < -0.4 is 4.90 Å². The van der Waals surface area contributed by atoms with Crippen LogP contribution in [0.3, 0.4) is 0 Å². The Kier molecular flexibility index (Phi) is 4.72. The number of nitrogens with zero attached hydrogens (tertiary/aromatic N) is 6. The van der Waals surface area contributed by atoms with Crippen LogP contribution in [0.5, 0.6) is 0 Å². The van der Waals surface area contributed by atoms with E-state index in [1.54, 1.807) is 0 Å². The lowest BCUT2D eigenvalue weighted by molar-refractivity contribution is -0.129. The summed E-state index contributed by atoms with van der Waals surface area (Å²) in [6, 6.07) is 0.281. The maximum atomic E-state index is 5.55. The van der Waals surface area contributed by atoms with Gasteiger partial charge in [0.1, 0.15) is 5.82 Å². The van der Waals surface area contributed by atoms with E-state index in [0.29, 0.717) is 5.41 Å². The molecule has 1 atom stereocenters. The molecule has 5 heterocycles. The summed E-state index contributed by atoms with van der Waals surface area (Å²) >= 11 is 0. The summed E-state index contributed by atoms with van der Waals surface area (Å²) in [5, 5.41) is 0. The van der Waals surface area contributed by atoms with Gasteiger partial charge in [0.2, 0.25) is 0 Å². The highest BCUT2D eigenvalue weighted by Crippen LogP contribution is 2.39. The summed E-state index contributed by atoms with van der Waals surface area (Å²) in [5.74, 6) is 1.91. The molecule has 0 spiro atoms. The number of aryl methyl sites for hydroxylation is 1. The molecule has 1 unspecified atom stereocenters. The maximum absolute atomic E-state index is 5.55. The second-order valence-electron chi connectivity index (χ2n) is 8.51. The van der Waals surface area contributed by atoms with Gasteiger partial charge in [-0.2, -0.15) is 0 Å². The van der Waals surface area contributed by atoms with Gasteiger partial charge in [0.05, 0.1) is 38.8 Å². The number of fused-ring (bicyclic) bond motifs is 1. The summed E-state index contributed by atoms with van der Waals surface area (Å²) in [6.45, 7) is 9.42. The lowest BCUT2D eigenvalue weighted by atomic mass is 9.82. The summed E-state index contributed by atoms with van der Waals surface area (Å²) in [4.78, 5) is 19.6. The van der Waals surface area contributed by atoms with Crippen molar-refractivity contribution in [1.82, 2.24) is 24.4 Å². The molecule has 0 aromatic carbocycles. The fourth-order valence-electron chi connectivity index (χ4n) is 4.69. The lowest BCUT2D eigenvalue weighted by Crippen LogP contribution is -2.50. The van der Waals surface area contributed by atoms with E-state index in [1.807, 2.05) is 17.9 Å². The molecule has 5 rings (SSSR count). The number of ether oxygens (including phenoxy) is 2. The average molecular weight is 387 g/mol. The van der Waals surface area contributed by atoms with Gasteiger partial charge in [-0.1, -0.05) is 6.92 Å². The van der Waals surface area contributed by atoms with Gasteiger partial charge in [-0.25, -0.2) is 15.0 Å². The van der Waals surface area contributed by atoms with Gasteiger partial charge in [-0.05, 0) is 25.8 Å². The molecule has 28 heavy (non-hydrogen) atoms. The number of hydrogen-bond acceptors (Lipinski definition) is 7. The van der Waals surface area contributed by atoms with Gasteiger partial charge >= 0.3 is 0 Å². The second kappa shape index (κ2) is 7.24. The SMILES string of the molecule is CCC1(CN2CCCC2c2nc(N3CCOCC3)c3ncn(C)c3n2)COC1. The van der Waals surface area contributed by atoms with E-state index < -0.39 is 0 Å². The van der Waals surface area contributed by atoms with Crippen molar-refractivity contribution in [3.63, 3.8) is 0 Å². The Labute approximate surface area is 165 Å². The van der Waals surface area contributed by atoms with Crippen LogP contribution >= 0.6 is 0 Å². The molecule has 0 radical (unpaired) electrons. The van der Waals surface area contributed by atoms with Crippen molar-refractivity contribution in [3.05, 3.63) is 12.2 Å². The molecule has 2 aromatic heterocycles. The topological polar surface area (TPSA) is 68.5 Å². The number of aromatic nitrogens is 4. The number of anilines is 1. The predicted octanol–water partition coefficient (Wildman–Crippen LogP) is 1.76. The van der Waals surface area contributed by atoms with Crippen molar-refractivity contribution in [2.75, 3.05) is 57.5 Å². The highest BCUT2D eigenvalue weighted by molar-refractivity contribution is 5.83. The van der Waals surface area contributed by atoms with Crippen molar-refractivity contribution in [3.8, 4) is 0 Å². The van der Waals surface area contributed by atoms with Gasteiger partial charge in [0, 0.05) is 32.1 Å². The first-order valence-corrected chi connectivity index (χ1v) is 10.5. The van der Waals surface area contributed by atoms with E-state index in [2.05, 4.69) is 21.7 Å². The fourth-order valence-corrected chi connectivity index (χ4v) is 4.69. The largest absolute Gasteiger partial charge is 0.380 e. The summed E-state index contributed by atoms with van der Waals surface area (Å²) < 4.78 is 13.1. The molecule has 3 aliphatic rings. The second-order valence-corrected chi connectivity index (χ2v) is 8.51. The van der Waals surface area contributed by atoms with Crippen LogP contribution in [0, 0.1) is 5.41 Å². The van der Waals surface area contributed by atoms with E-state index in [4.69, 9.17) is 19.4 Å². The number of likely N-dealkylation sites (tertiary alicyclic amines) is 1. The zero-order valence-electron chi connectivity index (χ0n) is 16.9. The molecule has 3 aliphatic heterocycles. The van der Waals surface area contributed by atoms with Crippen molar-refractivity contribution < 1.29 is 9.47 Å². The zero-order valence-corrected chi connectivity index (χ0v) is 16.9. The Hall–Kier alpha value is -1.77. The van der Waals surface area contributed by atoms with Gasteiger partial charge < -0.3 is 18.9 Å². The smallest absolute Gasteiger partial charge is 0.165 e. The number of rotatable bonds is 5. The van der Waals surface area contributed by atoms with Gasteiger partial charge in [-0.3, -0.25) is 4.90 Å². The Morgan fingerprint density at radius 1 is 1.14 bits per heavy atom. The van der Waals surface area contributed by atoms with Crippen LogP contribution in [0.4, 0.5) is 5.82 Å². The van der Waals surface area contributed by atoms with E-state index in [0.717, 1.165) is 88.3 Å². The van der Waals surface area contributed by atoms with Crippen molar-refractivity contribution in [1.29, 1.82) is 0 Å². The van der Waals surface area contributed by atoms with Gasteiger partial charge in [0.25, 0.3) is 0 Å². The van der Waals surface area contributed by atoms with Crippen LogP contribution in [0.1, 0.15) is 38.1 Å². The van der Waals surface area contributed by atoms with Gasteiger partial charge in [-0.15, -0.1) is 0 Å². The molecule has 152 valence electrons. The van der Waals surface area contributed by atoms with E-state index in [1.165, 1.54) is 6.42 Å². The Morgan fingerprint density at radius 2 is 1.96 bits per heavy atom. The minimum Gasteiger partial charge on any atom is -0.380 e. The quantitative estimate of drug-likeness (QED) is 0.776. The third-order valence-electron chi connectivity index (χ3n) is 6.64. The fraction of sp³-hybridized carbons (Fsp3) is 0.750. The molecule has 3 saturated heterocycles. The van der Waals surface area contributed by atoms with Gasteiger partial charge in [0.15, 0.2) is 17.0 Å². The third-order valence-corrected chi connectivity index (χ3v) is 6.64. The van der Waals surface area contributed by atoms with Crippen LogP contribution in [-0.4, -0.2) is 77.0 Å². The minimum absolute atomic E-state index is 0.281. The summed E-state index contributed by atoms with van der Waals surface area (Å²) in [6.07, 6.45) is 5.33. The van der Waals surface area contributed by atoms with Crippen LogP contribution in [0.25, 0.3) is 11.2 Å². The van der Waals surface area contributed by atoms with E-state index in [9.17, 15) is 0 Å². The Balaban J connectivity index is 1.50. The Morgan fingerprint density at radius 3 is 2.68 bits per heavy atom. The molecule has 0 saturated carbocycles. The number of hydrogen-bond donors (Lipinski definition) is 0. The first-order chi connectivity index (χ1) is 13.7. The molecule has 3 fully saturated rings. The molecule has 8 heteroatoms. The van der Waals surface area contributed by atoms with Crippen LogP contribution in [-0.2, 0) is 16.5 Å². The van der Waals surface area contributed by atoms with E-state index >= 15 is 0 Å². The van der Waals surface area contributed by atoms with E-state index in [-0.39, 0.29) is 6.04 Å². The third kappa shape index (κ3) is 3.07. The van der Waals surface area contributed by atoms with Crippen molar-refractivity contribution in [2.45, 2.75) is 32.2 Å². The molecule has 0 bridgehead atoms. The first kappa shape index (κ1) is 18.3. The predicted molar refractivity (Wildman–Crippen MR) is 106 cm³/mol. The summed E-state index contributed by atoms with van der Waals surface area (Å²) in [7, 11) is 2.01. The lowest BCUT2D eigenvalue weighted by Gasteiger charge is -2.44. The number of morpholine rings is 1. The standard InChI is InChI=1S/C20H30N6O2/c1-3-20(12-28-13-20)11-26-6-4-5-15(26)17-22-18-16(21-14-24(18)2)19(23-17)25-7-9-27-10-8-25/h14-15H,3-13H2,1-2H3. The molecule has 2 aromatic rings. The molecular formula is C20H30N6O2. The normalized spacial score (nSPS) is 25.4. The highest BCUT2D eigenvalue weighted by Gasteiger charge is 2.42. The minimum atomic E-state index is 0.281. The molecular weight excluding hydrogens is 356 g/mol. The summed E-state index contributed by atoms with van der Waals surface area (Å²) in [5.41, 5.74) is 2.14. The Bertz CT molecular complexity index is 837. The maximum Gasteiger partial charge on any atom is 0.165 e. The molecule has 8 nitrogen and oxygen atoms in total. The monoisotopic (exact) mass is 386 g/mol. The molecule has 0 aliphatic carbocycles. The first-order valence-electron chi connectivity index (χ1n) is 10.5. The highest BCUT2D eigenvalue weighted by atomic mass is 16.5. The van der Waals surface area contributed by atoms with Crippen molar-refractivity contribution in [2.24, 2.45) is 12.5 Å². The molecule has 0 amide bonds. The molecule has 0 N–H and O–H groups in total. The van der Waals surface area contributed by atoms with Crippen LogP contribution in [0.2, 0.25) is 0 Å². The number of imidazole rings is 1. The zero-order chi connectivity index (χ0) is 19.1. The van der Waals surface area contributed by atoms with Crippen molar-refractivity contribution >= 4 is 17.0 Å².